The number of nitrogens with two attached hydrogens (primary N) is 2. The molecule has 0 atom stereocenters. The highest BCUT2D eigenvalue weighted by molar-refractivity contribution is 5.68. The van der Waals surface area contributed by atoms with Gasteiger partial charge >= 0.3 is 0 Å². The Hall–Kier alpha value is -1.18. The molecule has 4 N–H and O–H groups in total. The molecular formula is C14H22N2. The molecule has 0 bridgehead atoms. The van der Waals surface area contributed by atoms with E-state index in [4.69, 9.17) is 11.5 Å². The van der Waals surface area contributed by atoms with Crippen LogP contribution < -0.4 is 11.5 Å². The lowest BCUT2D eigenvalue weighted by Gasteiger charge is -2.25. The van der Waals surface area contributed by atoms with E-state index in [0.29, 0.717) is 5.92 Å². The number of benzene rings is 1. The minimum Gasteiger partial charge on any atom is -0.398 e. The number of nitrogen functional groups attached to an aromatic ring is 2. The zero-order valence-corrected chi connectivity index (χ0v) is 10.3. The fraction of sp³-hybridized carbons (Fsp3) is 0.571. The molecule has 0 spiro atoms. The highest BCUT2D eigenvalue weighted by Gasteiger charge is 2.19. The maximum atomic E-state index is 6.20. The van der Waals surface area contributed by atoms with Gasteiger partial charge in [0.15, 0.2) is 0 Å². The van der Waals surface area contributed by atoms with Gasteiger partial charge in [0.2, 0.25) is 0 Å². The van der Waals surface area contributed by atoms with E-state index in [0.717, 1.165) is 16.9 Å². The molecule has 1 aliphatic rings. The maximum Gasteiger partial charge on any atom is 0.0400 e. The molecule has 0 aliphatic heterocycles. The number of hydrogen-bond acceptors (Lipinski definition) is 2. The standard InChI is InChI=1S/C14H22N2/c1-9-8-12(11-6-4-3-5-7-11)14(16)10(2)13(9)15/h8,11H,3-7,15-16H2,1-2H3. The van der Waals surface area contributed by atoms with Crippen molar-refractivity contribution >= 4 is 11.4 Å². The molecule has 1 aliphatic carbocycles. The fourth-order valence-corrected chi connectivity index (χ4v) is 2.80. The number of rotatable bonds is 1. The van der Waals surface area contributed by atoms with Crippen LogP contribution in [0.15, 0.2) is 6.07 Å². The zero-order chi connectivity index (χ0) is 11.7. The third-order valence-electron chi connectivity index (χ3n) is 3.96. The van der Waals surface area contributed by atoms with Crippen LogP contribution in [0.4, 0.5) is 11.4 Å². The van der Waals surface area contributed by atoms with Crippen molar-refractivity contribution in [1.29, 1.82) is 0 Å². The average molecular weight is 218 g/mol. The lowest BCUT2D eigenvalue weighted by Crippen LogP contribution is -2.10. The summed E-state index contributed by atoms with van der Waals surface area (Å²) in [6.45, 7) is 4.11. The monoisotopic (exact) mass is 218 g/mol. The Kier molecular flexibility index (Phi) is 3.08. The second kappa shape index (κ2) is 4.36. The quantitative estimate of drug-likeness (QED) is 0.709. The first kappa shape index (κ1) is 11.3. The van der Waals surface area contributed by atoms with Gasteiger partial charge in [-0.2, -0.15) is 0 Å². The predicted molar refractivity (Wildman–Crippen MR) is 70.6 cm³/mol. The van der Waals surface area contributed by atoms with Crippen LogP contribution in [-0.4, -0.2) is 0 Å². The molecule has 88 valence electrons. The summed E-state index contributed by atoms with van der Waals surface area (Å²) in [7, 11) is 0. The van der Waals surface area contributed by atoms with Crippen LogP contribution in [0.5, 0.6) is 0 Å². The van der Waals surface area contributed by atoms with E-state index in [9.17, 15) is 0 Å². The minimum absolute atomic E-state index is 0.659. The molecule has 1 fully saturated rings. The van der Waals surface area contributed by atoms with Gasteiger partial charge < -0.3 is 11.5 Å². The molecule has 0 aromatic heterocycles. The van der Waals surface area contributed by atoms with Gasteiger partial charge in [0.1, 0.15) is 0 Å². The Labute approximate surface area is 98.0 Å². The topological polar surface area (TPSA) is 52.0 Å². The molecule has 0 radical (unpaired) electrons. The summed E-state index contributed by atoms with van der Waals surface area (Å²) in [6.07, 6.45) is 6.63. The smallest absolute Gasteiger partial charge is 0.0400 e. The normalized spacial score (nSPS) is 17.6. The van der Waals surface area contributed by atoms with E-state index in [1.54, 1.807) is 0 Å². The zero-order valence-electron chi connectivity index (χ0n) is 10.3. The van der Waals surface area contributed by atoms with Crippen molar-refractivity contribution in [3.63, 3.8) is 0 Å². The second-order valence-electron chi connectivity index (χ2n) is 5.07. The summed E-state index contributed by atoms with van der Waals surface area (Å²) in [4.78, 5) is 0. The second-order valence-corrected chi connectivity index (χ2v) is 5.07. The molecule has 0 heterocycles. The molecular weight excluding hydrogens is 196 g/mol. The fourth-order valence-electron chi connectivity index (χ4n) is 2.80. The Morgan fingerprint density at radius 3 is 2.25 bits per heavy atom. The lowest BCUT2D eigenvalue weighted by atomic mass is 9.82. The molecule has 1 aromatic rings. The summed E-state index contributed by atoms with van der Waals surface area (Å²) in [5.41, 5.74) is 17.6. The van der Waals surface area contributed by atoms with E-state index >= 15 is 0 Å². The van der Waals surface area contributed by atoms with Crippen molar-refractivity contribution in [3.8, 4) is 0 Å². The van der Waals surface area contributed by atoms with Crippen molar-refractivity contribution < 1.29 is 0 Å². The third-order valence-corrected chi connectivity index (χ3v) is 3.96. The first-order valence-corrected chi connectivity index (χ1v) is 6.26. The van der Waals surface area contributed by atoms with Crippen LogP contribution in [0.2, 0.25) is 0 Å². The van der Waals surface area contributed by atoms with Crippen molar-refractivity contribution in [3.05, 3.63) is 22.8 Å². The molecule has 2 nitrogen and oxygen atoms in total. The minimum atomic E-state index is 0.659. The van der Waals surface area contributed by atoms with Gasteiger partial charge in [-0.15, -0.1) is 0 Å². The SMILES string of the molecule is Cc1cc(C2CCCCC2)c(N)c(C)c1N. The molecule has 1 saturated carbocycles. The highest BCUT2D eigenvalue weighted by Crippen LogP contribution is 2.38. The Bertz CT molecular complexity index is 390. The summed E-state index contributed by atoms with van der Waals surface area (Å²) in [6, 6.07) is 2.20. The summed E-state index contributed by atoms with van der Waals surface area (Å²) >= 11 is 0. The van der Waals surface area contributed by atoms with Gasteiger partial charge in [0, 0.05) is 11.4 Å². The van der Waals surface area contributed by atoms with E-state index in [-0.39, 0.29) is 0 Å². The van der Waals surface area contributed by atoms with Gasteiger partial charge in [-0.3, -0.25) is 0 Å². The van der Waals surface area contributed by atoms with E-state index in [2.05, 4.69) is 13.0 Å². The summed E-state index contributed by atoms with van der Waals surface area (Å²) in [5, 5.41) is 0. The number of aryl methyl sites for hydroxylation is 1. The van der Waals surface area contributed by atoms with E-state index < -0.39 is 0 Å². The van der Waals surface area contributed by atoms with E-state index in [1.165, 1.54) is 43.2 Å². The van der Waals surface area contributed by atoms with Gasteiger partial charge in [0.25, 0.3) is 0 Å². The largest absolute Gasteiger partial charge is 0.398 e. The maximum absolute atomic E-state index is 6.20. The van der Waals surface area contributed by atoms with Crippen LogP contribution >= 0.6 is 0 Å². The van der Waals surface area contributed by atoms with Crippen LogP contribution in [0.3, 0.4) is 0 Å². The van der Waals surface area contributed by atoms with Crippen LogP contribution in [-0.2, 0) is 0 Å². The number of hydrogen-bond donors (Lipinski definition) is 2. The Morgan fingerprint density at radius 2 is 1.62 bits per heavy atom. The molecule has 0 unspecified atom stereocenters. The van der Waals surface area contributed by atoms with Crippen molar-refractivity contribution in [2.75, 3.05) is 11.5 Å². The Morgan fingerprint density at radius 1 is 1.00 bits per heavy atom. The van der Waals surface area contributed by atoms with Crippen LogP contribution in [0.25, 0.3) is 0 Å². The molecule has 0 amide bonds. The average Bonchev–Trinajstić information content (AvgIpc) is 2.32. The van der Waals surface area contributed by atoms with Gasteiger partial charge in [-0.05, 0) is 49.3 Å². The third kappa shape index (κ3) is 1.89. The molecule has 0 saturated heterocycles. The molecule has 2 heteroatoms. The highest BCUT2D eigenvalue weighted by atomic mass is 14.6. The van der Waals surface area contributed by atoms with Gasteiger partial charge in [-0.1, -0.05) is 25.3 Å². The van der Waals surface area contributed by atoms with Crippen molar-refractivity contribution in [2.45, 2.75) is 51.9 Å². The van der Waals surface area contributed by atoms with E-state index in [1.807, 2.05) is 6.92 Å². The van der Waals surface area contributed by atoms with Gasteiger partial charge in [0.05, 0.1) is 0 Å². The molecule has 16 heavy (non-hydrogen) atoms. The molecule has 2 rings (SSSR count). The van der Waals surface area contributed by atoms with Gasteiger partial charge in [-0.25, -0.2) is 0 Å². The van der Waals surface area contributed by atoms with Crippen LogP contribution in [0, 0.1) is 13.8 Å². The summed E-state index contributed by atoms with van der Waals surface area (Å²) in [5.74, 6) is 0.659. The predicted octanol–water partition coefficient (Wildman–Crippen LogP) is 3.52. The number of anilines is 2. The van der Waals surface area contributed by atoms with Crippen LogP contribution in [0.1, 0.15) is 54.7 Å². The Balaban J connectivity index is 2.40. The molecule has 1 aromatic carbocycles. The first-order valence-electron chi connectivity index (χ1n) is 6.26. The summed E-state index contributed by atoms with van der Waals surface area (Å²) < 4.78 is 0. The lowest BCUT2D eigenvalue weighted by molar-refractivity contribution is 0.444. The van der Waals surface area contributed by atoms with Crippen molar-refractivity contribution in [2.24, 2.45) is 0 Å². The van der Waals surface area contributed by atoms with Crippen molar-refractivity contribution in [1.82, 2.24) is 0 Å². The first-order chi connectivity index (χ1) is 7.61.